The Morgan fingerprint density at radius 1 is 1.25 bits per heavy atom. The van der Waals surface area contributed by atoms with Crippen LogP contribution in [0, 0.1) is 23.0 Å². The van der Waals surface area contributed by atoms with Crippen LogP contribution in [0.1, 0.15) is 49.3 Å². The lowest BCUT2D eigenvalue weighted by molar-refractivity contribution is -0.385. The van der Waals surface area contributed by atoms with Gasteiger partial charge in [0.15, 0.2) is 0 Å². The van der Waals surface area contributed by atoms with Crippen LogP contribution in [0.25, 0.3) is 0 Å². The van der Waals surface area contributed by atoms with Crippen molar-refractivity contribution in [3.05, 3.63) is 63.2 Å². The summed E-state index contributed by atoms with van der Waals surface area (Å²) in [5, 5.41) is 15.4. The zero-order valence-corrected chi connectivity index (χ0v) is 16.1. The second kappa shape index (κ2) is 8.21. The first-order valence-corrected chi connectivity index (χ1v) is 9.25. The molecule has 7 heteroatoms. The Balaban J connectivity index is 1.84. The topological polar surface area (TPSA) is 93.8 Å². The maximum absolute atomic E-state index is 11.6. The number of aryl methyl sites for hydroxylation is 1. The fourth-order valence-electron chi connectivity index (χ4n) is 2.78. The van der Waals surface area contributed by atoms with Crippen LogP contribution < -0.4 is 10.2 Å². The minimum Gasteiger partial charge on any atom is -0.450 e. The minimum absolute atomic E-state index is 0.0479. The number of carbonyl (C=O) groups excluding carboxylic acids is 1. The van der Waals surface area contributed by atoms with Crippen LogP contribution in [0.3, 0.4) is 0 Å². The maximum Gasteiger partial charge on any atom is 0.312 e. The molecule has 0 heterocycles. The molecule has 0 unspecified atom stereocenters. The number of rotatable bonds is 7. The predicted molar refractivity (Wildman–Crippen MR) is 107 cm³/mol. The summed E-state index contributed by atoms with van der Waals surface area (Å²) < 4.78 is 5.93. The van der Waals surface area contributed by atoms with E-state index in [0.29, 0.717) is 11.3 Å². The third-order valence-electron chi connectivity index (χ3n) is 4.53. The van der Waals surface area contributed by atoms with E-state index in [9.17, 15) is 14.9 Å². The highest BCUT2D eigenvalue weighted by Crippen LogP contribution is 2.36. The normalized spacial score (nSPS) is 13.7. The van der Waals surface area contributed by atoms with Gasteiger partial charge in [0.05, 0.1) is 11.1 Å². The number of hydrogen-bond acceptors (Lipinski definition) is 5. The summed E-state index contributed by atoms with van der Waals surface area (Å²) in [5.41, 5.74) is 4.79. The van der Waals surface area contributed by atoms with Crippen molar-refractivity contribution in [1.29, 1.82) is 0 Å². The number of ether oxygens (including phenoxy) is 1. The molecule has 2 aromatic carbocycles. The van der Waals surface area contributed by atoms with Gasteiger partial charge in [-0.2, -0.15) is 5.10 Å². The average molecular weight is 381 g/mol. The summed E-state index contributed by atoms with van der Waals surface area (Å²) in [4.78, 5) is 22.6. The quantitative estimate of drug-likeness (QED) is 0.428. The number of nitrogens with zero attached hydrogens (tertiary/aromatic N) is 2. The zero-order valence-electron chi connectivity index (χ0n) is 16.1. The van der Waals surface area contributed by atoms with Crippen molar-refractivity contribution < 1.29 is 14.5 Å². The van der Waals surface area contributed by atoms with Gasteiger partial charge in [-0.3, -0.25) is 14.9 Å². The molecule has 1 fully saturated rings. The molecule has 0 bridgehead atoms. The van der Waals surface area contributed by atoms with Crippen molar-refractivity contribution in [1.82, 2.24) is 5.43 Å². The highest BCUT2D eigenvalue weighted by Gasteiger charge is 2.29. The number of nitrogens with one attached hydrogen (secondary N) is 1. The van der Waals surface area contributed by atoms with E-state index in [1.807, 2.05) is 39.0 Å². The minimum atomic E-state index is -0.486. The lowest BCUT2D eigenvalue weighted by Crippen LogP contribution is -2.18. The summed E-state index contributed by atoms with van der Waals surface area (Å²) in [6.45, 7) is 6.03. The van der Waals surface area contributed by atoms with Gasteiger partial charge in [0, 0.05) is 17.5 Å². The van der Waals surface area contributed by atoms with E-state index in [-0.39, 0.29) is 29.2 Å². The van der Waals surface area contributed by atoms with Gasteiger partial charge in [-0.1, -0.05) is 26.0 Å². The number of amides is 1. The van der Waals surface area contributed by atoms with Crippen LogP contribution in [0.5, 0.6) is 11.5 Å². The van der Waals surface area contributed by atoms with E-state index >= 15 is 0 Å². The monoisotopic (exact) mass is 381 g/mol. The Morgan fingerprint density at radius 2 is 2.00 bits per heavy atom. The summed E-state index contributed by atoms with van der Waals surface area (Å²) >= 11 is 0. The van der Waals surface area contributed by atoms with Crippen molar-refractivity contribution in [2.75, 3.05) is 0 Å². The number of benzene rings is 2. The standard InChI is InChI=1S/C21H23N3O4/c1-13(2)17-8-4-14(3)10-20(17)28-19-9-5-15(11-18(19)24(26)27)12-22-23-21(25)16-6-7-16/h4-5,8-13,16H,6-7H2,1-3H3,(H,23,25)/b22-12-. The van der Waals surface area contributed by atoms with E-state index in [0.717, 1.165) is 24.0 Å². The molecule has 1 amide bonds. The van der Waals surface area contributed by atoms with Crippen LogP contribution in [0.4, 0.5) is 5.69 Å². The smallest absolute Gasteiger partial charge is 0.312 e. The molecule has 28 heavy (non-hydrogen) atoms. The van der Waals surface area contributed by atoms with Crippen molar-refractivity contribution in [2.24, 2.45) is 11.0 Å². The Labute approximate surface area is 163 Å². The van der Waals surface area contributed by atoms with Crippen LogP contribution in [0.15, 0.2) is 41.5 Å². The first kappa shape index (κ1) is 19.5. The van der Waals surface area contributed by atoms with Gasteiger partial charge in [-0.15, -0.1) is 0 Å². The molecule has 0 spiro atoms. The van der Waals surface area contributed by atoms with Crippen LogP contribution >= 0.6 is 0 Å². The van der Waals surface area contributed by atoms with Crippen LogP contribution in [-0.4, -0.2) is 17.0 Å². The van der Waals surface area contributed by atoms with Gasteiger partial charge in [-0.05, 0) is 55.0 Å². The maximum atomic E-state index is 11.6. The van der Waals surface area contributed by atoms with E-state index < -0.39 is 4.92 Å². The van der Waals surface area contributed by atoms with Gasteiger partial charge in [-0.25, -0.2) is 5.43 Å². The Bertz CT molecular complexity index is 933. The molecule has 146 valence electrons. The first-order valence-electron chi connectivity index (χ1n) is 9.25. The SMILES string of the molecule is Cc1ccc(C(C)C)c(Oc2ccc(/C=N\NC(=O)C3CC3)cc2[N+](=O)[O-])c1. The molecule has 0 atom stereocenters. The second-order valence-electron chi connectivity index (χ2n) is 7.29. The zero-order chi connectivity index (χ0) is 20.3. The molecule has 2 aromatic rings. The van der Waals surface area contributed by atoms with E-state index in [4.69, 9.17) is 4.74 Å². The Kier molecular flexibility index (Phi) is 5.73. The third kappa shape index (κ3) is 4.73. The molecule has 0 saturated heterocycles. The van der Waals surface area contributed by atoms with Crippen LogP contribution in [0.2, 0.25) is 0 Å². The van der Waals surface area contributed by atoms with Crippen molar-refractivity contribution in [3.8, 4) is 11.5 Å². The van der Waals surface area contributed by atoms with Crippen molar-refractivity contribution in [2.45, 2.75) is 39.5 Å². The molecule has 1 aliphatic carbocycles. The fourth-order valence-corrected chi connectivity index (χ4v) is 2.78. The Hall–Kier alpha value is -3.22. The number of hydrogen-bond donors (Lipinski definition) is 1. The summed E-state index contributed by atoms with van der Waals surface area (Å²) in [6, 6.07) is 10.4. The largest absolute Gasteiger partial charge is 0.450 e. The van der Waals surface area contributed by atoms with Gasteiger partial charge < -0.3 is 4.74 Å². The molecule has 1 aliphatic rings. The third-order valence-corrected chi connectivity index (χ3v) is 4.53. The lowest BCUT2D eigenvalue weighted by Gasteiger charge is -2.14. The predicted octanol–water partition coefficient (Wildman–Crippen LogP) is 4.68. The average Bonchev–Trinajstić information content (AvgIpc) is 3.47. The fraction of sp³-hybridized carbons (Fsp3) is 0.333. The van der Waals surface area contributed by atoms with Crippen molar-refractivity contribution >= 4 is 17.8 Å². The Morgan fingerprint density at radius 3 is 2.64 bits per heavy atom. The molecule has 7 nitrogen and oxygen atoms in total. The number of hydrazone groups is 1. The van der Waals surface area contributed by atoms with Gasteiger partial charge in [0.25, 0.3) is 0 Å². The van der Waals surface area contributed by atoms with Gasteiger partial charge in [0.1, 0.15) is 5.75 Å². The first-order chi connectivity index (χ1) is 13.3. The van der Waals surface area contributed by atoms with E-state index in [1.54, 1.807) is 12.1 Å². The van der Waals surface area contributed by atoms with Gasteiger partial charge in [0.2, 0.25) is 11.7 Å². The van der Waals surface area contributed by atoms with Crippen LogP contribution in [-0.2, 0) is 4.79 Å². The molecule has 0 aliphatic heterocycles. The molecule has 0 aromatic heterocycles. The van der Waals surface area contributed by atoms with E-state index in [1.165, 1.54) is 12.3 Å². The van der Waals surface area contributed by atoms with E-state index in [2.05, 4.69) is 10.5 Å². The molecule has 0 radical (unpaired) electrons. The lowest BCUT2D eigenvalue weighted by atomic mass is 10.0. The highest BCUT2D eigenvalue weighted by atomic mass is 16.6. The number of nitro groups is 1. The molecule has 3 rings (SSSR count). The summed E-state index contributed by atoms with van der Waals surface area (Å²) in [5.74, 6) is 0.919. The molecular weight excluding hydrogens is 358 g/mol. The summed E-state index contributed by atoms with van der Waals surface area (Å²) in [6.07, 6.45) is 3.16. The second-order valence-corrected chi connectivity index (χ2v) is 7.29. The number of carbonyl (C=O) groups is 1. The molecule has 1 saturated carbocycles. The molecular formula is C21H23N3O4. The summed E-state index contributed by atoms with van der Waals surface area (Å²) in [7, 11) is 0. The number of nitro benzene ring substituents is 1. The van der Waals surface area contributed by atoms with Gasteiger partial charge >= 0.3 is 5.69 Å². The molecule has 1 N–H and O–H groups in total. The van der Waals surface area contributed by atoms with Crippen molar-refractivity contribution in [3.63, 3.8) is 0 Å². The highest BCUT2D eigenvalue weighted by molar-refractivity contribution is 5.85.